The van der Waals surface area contributed by atoms with Gasteiger partial charge in [0, 0.05) is 7.05 Å². The van der Waals surface area contributed by atoms with Gasteiger partial charge in [0.1, 0.15) is 0 Å². The molecule has 76 valence electrons. The Hall–Kier alpha value is -0.600. The van der Waals surface area contributed by atoms with Crippen molar-refractivity contribution in [2.45, 2.75) is 13.8 Å². The van der Waals surface area contributed by atoms with E-state index < -0.39 is 0 Å². The lowest BCUT2D eigenvalue weighted by molar-refractivity contribution is 1.33. The maximum absolute atomic E-state index is 5.74. The van der Waals surface area contributed by atoms with Crippen LogP contribution in [0.25, 0.3) is 0 Å². The van der Waals surface area contributed by atoms with Gasteiger partial charge in [-0.3, -0.25) is 0 Å². The third-order valence-corrected chi connectivity index (χ3v) is 1.94. The fourth-order valence-electron chi connectivity index (χ4n) is 1.06. The summed E-state index contributed by atoms with van der Waals surface area (Å²) in [4.78, 5) is 0. The summed E-state index contributed by atoms with van der Waals surface area (Å²) in [7, 11) is 1.88. The number of rotatable bonds is 1. The highest BCUT2D eigenvalue weighted by Crippen LogP contribution is 2.21. The fraction of sp³-hybridized carbons (Fsp3) is 0.333. The fourth-order valence-corrected chi connectivity index (χ4v) is 1.06. The second-order valence-electron chi connectivity index (χ2n) is 2.77. The van der Waals surface area contributed by atoms with Gasteiger partial charge in [-0.05, 0) is 37.1 Å². The zero-order chi connectivity index (χ0) is 8.43. The van der Waals surface area contributed by atoms with Crippen molar-refractivity contribution in [3.8, 4) is 0 Å². The molecule has 0 saturated carbocycles. The summed E-state index contributed by atoms with van der Waals surface area (Å²) >= 11 is 0. The molecule has 0 aromatic heterocycles. The lowest BCUT2D eigenvalue weighted by atomic mass is 10.1. The lowest BCUT2D eigenvalue weighted by Crippen LogP contribution is -1.97. The Morgan fingerprint density at radius 1 is 1.08 bits per heavy atom. The standard InChI is InChI=1S/C9H14N2.2ClH/c1-6-4-8(10)9(11-3)5-7(6)2;;/h4-5,11H,10H2,1-3H3;2*1H. The zero-order valence-corrected chi connectivity index (χ0v) is 9.68. The van der Waals surface area contributed by atoms with Crippen LogP contribution in [0.1, 0.15) is 11.1 Å². The Bertz CT molecular complexity index is 275. The molecule has 0 radical (unpaired) electrons. The maximum Gasteiger partial charge on any atom is 0.0574 e. The minimum absolute atomic E-state index is 0. The number of anilines is 2. The van der Waals surface area contributed by atoms with Crippen molar-refractivity contribution in [2.75, 3.05) is 18.1 Å². The van der Waals surface area contributed by atoms with E-state index in [0.717, 1.165) is 11.4 Å². The van der Waals surface area contributed by atoms with E-state index >= 15 is 0 Å². The molecule has 0 unspecified atom stereocenters. The van der Waals surface area contributed by atoms with Crippen LogP contribution >= 0.6 is 24.8 Å². The van der Waals surface area contributed by atoms with Gasteiger partial charge in [0.15, 0.2) is 0 Å². The first kappa shape index (κ1) is 14.9. The summed E-state index contributed by atoms with van der Waals surface area (Å²) in [5.74, 6) is 0. The summed E-state index contributed by atoms with van der Waals surface area (Å²) in [6, 6.07) is 4.05. The molecule has 0 atom stereocenters. The second-order valence-corrected chi connectivity index (χ2v) is 2.77. The molecule has 1 aromatic carbocycles. The molecular weight excluding hydrogens is 207 g/mol. The highest BCUT2D eigenvalue weighted by atomic mass is 35.5. The largest absolute Gasteiger partial charge is 0.397 e. The predicted octanol–water partition coefficient (Wildman–Crippen LogP) is 2.77. The zero-order valence-electron chi connectivity index (χ0n) is 8.05. The van der Waals surface area contributed by atoms with Crippen LogP contribution in [0.4, 0.5) is 11.4 Å². The van der Waals surface area contributed by atoms with Gasteiger partial charge < -0.3 is 11.1 Å². The molecule has 0 spiro atoms. The van der Waals surface area contributed by atoms with Crippen LogP contribution in [0.3, 0.4) is 0 Å². The quantitative estimate of drug-likeness (QED) is 0.718. The average Bonchev–Trinajstić information content (AvgIpc) is 1.97. The third-order valence-electron chi connectivity index (χ3n) is 1.94. The summed E-state index contributed by atoms with van der Waals surface area (Å²) in [6.45, 7) is 4.14. The van der Waals surface area contributed by atoms with Crippen LogP contribution in [0.5, 0.6) is 0 Å². The molecular formula is C9H16Cl2N2. The molecule has 13 heavy (non-hydrogen) atoms. The molecule has 0 fully saturated rings. The van der Waals surface area contributed by atoms with E-state index in [0.29, 0.717) is 0 Å². The first-order chi connectivity index (χ1) is 5.15. The maximum atomic E-state index is 5.74. The Balaban J connectivity index is 0. The van der Waals surface area contributed by atoms with E-state index in [4.69, 9.17) is 5.73 Å². The van der Waals surface area contributed by atoms with Gasteiger partial charge >= 0.3 is 0 Å². The topological polar surface area (TPSA) is 38.0 Å². The van der Waals surface area contributed by atoms with E-state index in [9.17, 15) is 0 Å². The number of nitrogens with two attached hydrogens (primary N) is 1. The number of hydrogen-bond donors (Lipinski definition) is 2. The van der Waals surface area contributed by atoms with Crippen LogP contribution in [-0.2, 0) is 0 Å². The van der Waals surface area contributed by atoms with E-state index in [1.807, 2.05) is 13.1 Å². The van der Waals surface area contributed by atoms with Crippen molar-refractivity contribution < 1.29 is 0 Å². The van der Waals surface area contributed by atoms with Crippen molar-refractivity contribution in [2.24, 2.45) is 0 Å². The van der Waals surface area contributed by atoms with Crippen LogP contribution in [0, 0.1) is 13.8 Å². The van der Waals surface area contributed by atoms with Gasteiger partial charge in [0.25, 0.3) is 0 Å². The van der Waals surface area contributed by atoms with Crippen molar-refractivity contribution >= 4 is 36.2 Å². The second kappa shape index (κ2) is 5.95. The van der Waals surface area contributed by atoms with Crippen molar-refractivity contribution in [1.29, 1.82) is 0 Å². The molecule has 0 aliphatic rings. The Morgan fingerprint density at radius 2 is 1.54 bits per heavy atom. The summed E-state index contributed by atoms with van der Waals surface area (Å²) < 4.78 is 0. The summed E-state index contributed by atoms with van der Waals surface area (Å²) in [6.07, 6.45) is 0. The van der Waals surface area contributed by atoms with Crippen molar-refractivity contribution in [3.05, 3.63) is 23.3 Å². The molecule has 3 N–H and O–H groups in total. The summed E-state index contributed by atoms with van der Waals surface area (Å²) in [5, 5.41) is 3.04. The highest BCUT2D eigenvalue weighted by molar-refractivity contribution is 5.85. The Kier molecular flexibility index (Phi) is 6.82. The molecule has 1 rings (SSSR count). The molecule has 0 amide bonds. The Labute approximate surface area is 91.7 Å². The number of aryl methyl sites for hydroxylation is 2. The molecule has 0 aliphatic heterocycles. The average molecular weight is 223 g/mol. The number of hydrogen-bond acceptors (Lipinski definition) is 2. The lowest BCUT2D eigenvalue weighted by Gasteiger charge is -2.07. The first-order valence-electron chi connectivity index (χ1n) is 3.69. The number of benzene rings is 1. The van der Waals surface area contributed by atoms with E-state index in [-0.39, 0.29) is 24.8 Å². The molecule has 4 heteroatoms. The smallest absolute Gasteiger partial charge is 0.0574 e. The number of nitrogens with one attached hydrogen (secondary N) is 1. The molecule has 2 nitrogen and oxygen atoms in total. The van der Waals surface area contributed by atoms with Crippen LogP contribution < -0.4 is 11.1 Å². The predicted molar refractivity (Wildman–Crippen MR) is 64.4 cm³/mol. The third kappa shape index (κ3) is 3.33. The normalized spacial score (nSPS) is 8.23. The van der Waals surface area contributed by atoms with Gasteiger partial charge in [-0.15, -0.1) is 24.8 Å². The van der Waals surface area contributed by atoms with Gasteiger partial charge in [0.05, 0.1) is 11.4 Å². The highest BCUT2D eigenvalue weighted by Gasteiger charge is 1.98. The molecule has 1 aromatic rings. The van der Waals surface area contributed by atoms with Gasteiger partial charge in [-0.25, -0.2) is 0 Å². The molecule has 0 saturated heterocycles. The SMILES string of the molecule is CNc1cc(C)c(C)cc1N.Cl.Cl. The first-order valence-corrected chi connectivity index (χ1v) is 3.69. The van der Waals surface area contributed by atoms with Crippen LogP contribution in [0.2, 0.25) is 0 Å². The van der Waals surface area contributed by atoms with E-state index in [2.05, 4.69) is 25.2 Å². The monoisotopic (exact) mass is 222 g/mol. The minimum atomic E-state index is 0. The van der Waals surface area contributed by atoms with Crippen molar-refractivity contribution in [3.63, 3.8) is 0 Å². The van der Waals surface area contributed by atoms with Gasteiger partial charge in [0.2, 0.25) is 0 Å². The van der Waals surface area contributed by atoms with Crippen LogP contribution in [-0.4, -0.2) is 7.05 Å². The van der Waals surface area contributed by atoms with E-state index in [1.165, 1.54) is 11.1 Å². The molecule has 0 aliphatic carbocycles. The molecule has 0 heterocycles. The van der Waals surface area contributed by atoms with Gasteiger partial charge in [-0.1, -0.05) is 0 Å². The number of nitrogen functional groups attached to an aromatic ring is 1. The van der Waals surface area contributed by atoms with Crippen LogP contribution in [0.15, 0.2) is 12.1 Å². The minimum Gasteiger partial charge on any atom is -0.397 e. The van der Waals surface area contributed by atoms with Gasteiger partial charge in [-0.2, -0.15) is 0 Å². The number of halogens is 2. The summed E-state index contributed by atoms with van der Waals surface area (Å²) in [5.41, 5.74) is 10.1. The molecule has 0 bridgehead atoms. The van der Waals surface area contributed by atoms with E-state index in [1.54, 1.807) is 0 Å². The Morgan fingerprint density at radius 3 is 2.00 bits per heavy atom. The van der Waals surface area contributed by atoms with Crippen molar-refractivity contribution in [1.82, 2.24) is 0 Å².